The van der Waals surface area contributed by atoms with E-state index in [2.05, 4.69) is 300 Å². The van der Waals surface area contributed by atoms with Crippen LogP contribution in [0.3, 0.4) is 0 Å². The Labute approximate surface area is 393 Å². The van der Waals surface area contributed by atoms with Gasteiger partial charge in [0.15, 0.2) is 0 Å². The van der Waals surface area contributed by atoms with Gasteiger partial charge in [-0.15, -0.1) is 0 Å². The largest absolute Gasteiger partial charge is 0.311 e. The monoisotopic (exact) mass is 857 g/mol. The number of nitrogens with zero attached hydrogens (tertiary/aromatic N) is 3. The number of hydrogen-bond acceptors (Lipinski definition) is 3. The number of fused-ring (bicyclic) bond motifs is 1. The fraction of sp³-hybridized carbons (Fsp3) is 0. The van der Waals surface area contributed by atoms with Crippen LogP contribution < -0.4 is 14.7 Å². The van der Waals surface area contributed by atoms with Crippen LogP contribution in [0.5, 0.6) is 0 Å². The zero-order valence-corrected chi connectivity index (χ0v) is 37.0. The minimum absolute atomic E-state index is 1.09. The van der Waals surface area contributed by atoms with Crippen LogP contribution in [0.2, 0.25) is 0 Å². The Balaban J connectivity index is 0.826. The normalized spacial score (nSPS) is 11.0. The molecule has 0 unspecified atom stereocenters. The minimum atomic E-state index is 1.09. The molecule has 318 valence electrons. The van der Waals surface area contributed by atoms with E-state index in [1.54, 1.807) is 0 Å². The summed E-state index contributed by atoms with van der Waals surface area (Å²) >= 11 is 0. The van der Waals surface area contributed by atoms with Crippen LogP contribution in [0.4, 0.5) is 51.2 Å². The smallest absolute Gasteiger partial charge is 0.0540 e. The van der Waals surface area contributed by atoms with Crippen molar-refractivity contribution >= 4 is 62.0 Å². The molecule has 0 heterocycles. The molecule has 0 amide bonds. The first-order chi connectivity index (χ1) is 33.2. The van der Waals surface area contributed by atoms with E-state index in [1.807, 2.05) is 0 Å². The third kappa shape index (κ3) is 8.58. The van der Waals surface area contributed by atoms with Gasteiger partial charge in [-0.3, -0.25) is 0 Å². The van der Waals surface area contributed by atoms with Crippen molar-refractivity contribution in [3.8, 4) is 33.4 Å². The first-order valence-electron chi connectivity index (χ1n) is 22.8. The van der Waals surface area contributed by atoms with Crippen molar-refractivity contribution in [1.82, 2.24) is 0 Å². The van der Waals surface area contributed by atoms with Crippen molar-refractivity contribution < 1.29 is 0 Å². The summed E-state index contributed by atoms with van der Waals surface area (Å²) in [4.78, 5) is 6.96. The number of anilines is 9. The van der Waals surface area contributed by atoms with Gasteiger partial charge >= 0.3 is 0 Å². The van der Waals surface area contributed by atoms with Crippen LogP contribution in [0.25, 0.3) is 44.2 Å². The molecule has 0 aliphatic carbocycles. The maximum absolute atomic E-state index is 2.35. The van der Waals surface area contributed by atoms with E-state index in [0.29, 0.717) is 0 Å². The van der Waals surface area contributed by atoms with Gasteiger partial charge < -0.3 is 14.7 Å². The molecule has 0 aliphatic rings. The van der Waals surface area contributed by atoms with Crippen LogP contribution in [0, 0.1) is 0 Å². The molecule has 0 bridgehead atoms. The predicted molar refractivity (Wildman–Crippen MR) is 284 cm³/mol. The van der Waals surface area contributed by atoms with E-state index >= 15 is 0 Å². The van der Waals surface area contributed by atoms with Crippen LogP contribution in [0.15, 0.2) is 285 Å². The Hall–Kier alpha value is -8.92. The first kappa shape index (κ1) is 40.8. The lowest BCUT2D eigenvalue weighted by Gasteiger charge is -2.27. The van der Waals surface area contributed by atoms with Gasteiger partial charge in [-0.1, -0.05) is 182 Å². The number of para-hydroxylation sites is 4. The number of hydrogen-bond donors (Lipinski definition) is 0. The van der Waals surface area contributed by atoms with E-state index in [1.165, 1.54) is 33.0 Å². The summed E-state index contributed by atoms with van der Waals surface area (Å²) in [6.45, 7) is 0. The van der Waals surface area contributed by atoms with Gasteiger partial charge in [-0.05, 0) is 142 Å². The average molecular weight is 858 g/mol. The molecular weight excluding hydrogens is 811 g/mol. The number of rotatable bonds is 12. The van der Waals surface area contributed by atoms with Crippen molar-refractivity contribution in [2.24, 2.45) is 0 Å². The molecule has 0 saturated carbocycles. The van der Waals surface area contributed by atoms with Gasteiger partial charge in [0.05, 0.1) is 5.69 Å². The van der Waals surface area contributed by atoms with Crippen LogP contribution in [-0.2, 0) is 0 Å². The molecule has 11 aromatic carbocycles. The van der Waals surface area contributed by atoms with Gasteiger partial charge in [-0.25, -0.2) is 0 Å². The van der Waals surface area contributed by atoms with E-state index in [9.17, 15) is 0 Å². The molecule has 0 aromatic heterocycles. The van der Waals surface area contributed by atoms with Gasteiger partial charge in [0.1, 0.15) is 0 Å². The third-order valence-electron chi connectivity index (χ3n) is 12.5. The number of benzene rings is 11. The summed E-state index contributed by atoms with van der Waals surface area (Å²) in [5, 5.41) is 2.44. The van der Waals surface area contributed by atoms with Crippen LogP contribution in [-0.4, -0.2) is 0 Å². The predicted octanol–water partition coefficient (Wildman–Crippen LogP) is 18.3. The molecule has 3 heteroatoms. The Bertz CT molecular complexity index is 3290. The lowest BCUT2D eigenvalue weighted by atomic mass is 9.99. The quantitative estimate of drug-likeness (QED) is 0.121. The second kappa shape index (κ2) is 18.7. The molecule has 67 heavy (non-hydrogen) atoms. The summed E-state index contributed by atoms with van der Waals surface area (Å²) in [6, 6.07) is 102. The summed E-state index contributed by atoms with van der Waals surface area (Å²) in [6.07, 6.45) is 0. The van der Waals surface area contributed by atoms with Gasteiger partial charge in [0, 0.05) is 50.9 Å². The third-order valence-corrected chi connectivity index (χ3v) is 12.5. The Morgan fingerprint density at radius 2 is 0.403 bits per heavy atom. The molecule has 0 N–H and O–H groups in total. The average Bonchev–Trinajstić information content (AvgIpc) is 3.41. The van der Waals surface area contributed by atoms with Gasteiger partial charge in [0.2, 0.25) is 0 Å². The van der Waals surface area contributed by atoms with Crippen molar-refractivity contribution in [2.75, 3.05) is 14.7 Å². The molecule has 0 radical (unpaired) electrons. The fourth-order valence-corrected chi connectivity index (χ4v) is 9.10. The highest BCUT2D eigenvalue weighted by molar-refractivity contribution is 5.99. The van der Waals surface area contributed by atoms with E-state index in [0.717, 1.165) is 62.3 Å². The van der Waals surface area contributed by atoms with Crippen LogP contribution >= 0.6 is 0 Å². The lowest BCUT2D eigenvalue weighted by molar-refractivity contribution is 1.28. The highest BCUT2D eigenvalue weighted by Gasteiger charge is 2.17. The van der Waals surface area contributed by atoms with E-state index < -0.39 is 0 Å². The molecule has 0 aliphatic heterocycles. The van der Waals surface area contributed by atoms with Crippen molar-refractivity contribution in [3.63, 3.8) is 0 Å². The fourth-order valence-electron chi connectivity index (χ4n) is 9.10. The standard InChI is InChI=1S/C64H47N3/c1-5-18-55(19-6-1)65(56-20-7-2-8-21-56)59-40-32-50(33-41-59)48-28-30-49(31-29-48)51-34-42-60(43-35-51)66(57-22-9-3-10-23-57)61-44-36-52(37-45-61)53-38-46-62(47-39-53)67(58-24-11-4-12-25-58)64-27-15-17-54-16-13-14-26-63(54)64/h1-47H. The zero-order chi connectivity index (χ0) is 44.8. The summed E-state index contributed by atoms with van der Waals surface area (Å²) in [5.74, 6) is 0. The lowest BCUT2D eigenvalue weighted by Crippen LogP contribution is -2.10. The zero-order valence-electron chi connectivity index (χ0n) is 37.0. The Kier molecular flexibility index (Phi) is 11.4. The second-order valence-corrected chi connectivity index (χ2v) is 16.6. The van der Waals surface area contributed by atoms with Crippen molar-refractivity contribution in [1.29, 1.82) is 0 Å². The van der Waals surface area contributed by atoms with Gasteiger partial charge in [0.25, 0.3) is 0 Å². The molecule has 11 aromatic rings. The molecule has 0 atom stereocenters. The van der Waals surface area contributed by atoms with Crippen molar-refractivity contribution in [3.05, 3.63) is 285 Å². The molecule has 0 spiro atoms. The SMILES string of the molecule is c1ccc(N(c2ccccc2)c2ccc(-c3ccc(-c4ccc(N(c5ccccc5)c5ccc(-c6ccc(N(c7ccccc7)c7cccc8ccccc78)cc6)cc5)cc4)cc3)cc2)cc1. The van der Waals surface area contributed by atoms with Gasteiger partial charge in [-0.2, -0.15) is 0 Å². The summed E-state index contributed by atoms with van der Waals surface area (Å²) in [7, 11) is 0. The molecular formula is C64H47N3. The maximum Gasteiger partial charge on any atom is 0.0540 e. The van der Waals surface area contributed by atoms with E-state index in [-0.39, 0.29) is 0 Å². The summed E-state index contributed by atoms with van der Waals surface area (Å²) < 4.78 is 0. The molecule has 3 nitrogen and oxygen atoms in total. The first-order valence-corrected chi connectivity index (χ1v) is 22.8. The Morgan fingerprint density at radius 3 is 0.746 bits per heavy atom. The summed E-state index contributed by atoms with van der Waals surface area (Å²) in [5.41, 5.74) is 17.1. The molecule has 0 saturated heterocycles. The second-order valence-electron chi connectivity index (χ2n) is 16.6. The highest BCUT2D eigenvalue weighted by Crippen LogP contribution is 2.41. The highest BCUT2D eigenvalue weighted by atomic mass is 15.2. The maximum atomic E-state index is 2.35. The molecule has 0 fully saturated rings. The Morgan fingerprint density at radius 1 is 0.164 bits per heavy atom. The topological polar surface area (TPSA) is 9.72 Å². The van der Waals surface area contributed by atoms with Crippen LogP contribution in [0.1, 0.15) is 0 Å². The van der Waals surface area contributed by atoms with Crippen molar-refractivity contribution in [2.45, 2.75) is 0 Å². The van der Waals surface area contributed by atoms with E-state index in [4.69, 9.17) is 0 Å². The molecule has 11 rings (SSSR count). The minimum Gasteiger partial charge on any atom is -0.311 e.